The lowest BCUT2D eigenvalue weighted by molar-refractivity contribution is -0.118. The van der Waals surface area contributed by atoms with Gasteiger partial charge in [0.1, 0.15) is 22.6 Å². The lowest BCUT2D eigenvalue weighted by atomic mass is 10.1. The second-order valence-corrected chi connectivity index (χ2v) is 15.8. The SMILES string of the molecule is CC(C)(C)OC(=O)N1C(=O)Cc2cc(F)ccc21.CC(C)(C)OC(=O)N1C(=O)Cc2ccc(Cl)cc21.CC(C)(C)OC(=O)N1C(=O)Cc2ccccc21. The fraction of sp³-hybridized carbons (Fsp3) is 0.385. The summed E-state index contributed by atoms with van der Waals surface area (Å²) in [5.41, 5.74) is 1.78. The highest BCUT2D eigenvalue weighted by Crippen LogP contribution is 2.34. The Morgan fingerprint density at radius 3 is 1.42 bits per heavy atom. The van der Waals surface area contributed by atoms with Gasteiger partial charge in [0.25, 0.3) is 0 Å². The molecule has 3 heterocycles. The van der Waals surface area contributed by atoms with E-state index in [0.29, 0.717) is 27.6 Å². The minimum absolute atomic E-state index is 0.0202. The van der Waals surface area contributed by atoms with Crippen LogP contribution in [0.15, 0.2) is 60.7 Å². The number of para-hydroxylation sites is 1. The maximum atomic E-state index is 13.0. The molecule has 6 amide bonds. The van der Waals surface area contributed by atoms with Crippen molar-refractivity contribution in [2.45, 2.75) is 98.4 Å². The van der Waals surface area contributed by atoms with Gasteiger partial charge in [0.05, 0.1) is 36.3 Å². The van der Waals surface area contributed by atoms with Crippen molar-refractivity contribution in [3.63, 3.8) is 0 Å². The van der Waals surface area contributed by atoms with E-state index in [1.165, 1.54) is 18.2 Å². The molecule has 0 bridgehead atoms. The molecule has 0 atom stereocenters. The molecule has 0 saturated heterocycles. The maximum absolute atomic E-state index is 13.0. The number of benzene rings is 3. The molecule has 3 aliphatic heterocycles. The summed E-state index contributed by atoms with van der Waals surface area (Å²) in [4.78, 5) is 74.3. The lowest BCUT2D eigenvalue weighted by Crippen LogP contribution is -2.38. The Hall–Kier alpha value is -5.30. The number of amides is 6. The van der Waals surface area contributed by atoms with Crippen LogP contribution < -0.4 is 14.7 Å². The molecule has 3 aliphatic rings. The number of ether oxygens (including phenoxy) is 3. The number of nitrogens with zero attached hydrogens (tertiary/aromatic N) is 3. The molecule has 0 fully saturated rings. The quantitative estimate of drug-likeness (QED) is 0.207. The summed E-state index contributed by atoms with van der Waals surface area (Å²) in [5, 5.41) is 0.483. The molecule has 0 aliphatic carbocycles. The van der Waals surface area contributed by atoms with Gasteiger partial charge in [-0.3, -0.25) is 14.4 Å². The monoisotopic (exact) mass is 751 g/mol. The van der Waals surface area contributed by atoms with Crippen molar-refractivity contribution in [2.75, 3.05) is 14.7 Å². The van der Waals surface area contributed by atoms with E-state index in [1.54, 1.807) is 92.6 Å². The third kappa shape index (κ3) is 10.4. The van der Waals surface area contributed by atoms with Gasteiger partial charge in [0.2, 0.25) is 17.7 Å². The molecule has 0 N–H and O–H groups in total. The fourth-order valence-electron chi connectivity index (χ4n) is 5.34. The number of halogens is 2. The molecule has 53 heavy (non-hydrogen) atoms. The summed E-state index contributed by atoms with van der Waals surface area (Å²) in [6.45, 7) is 15.7. The number of hydrogen-bond acceptors (Lipinski definition) is 9. The molecule has 0 radical (unpaired) electrons. The molecule has 3 aromatic rings. The highest BCUT2D eigenvalue weighted by atomic mass is 35.5. The van der Waals surface area contributed by atoms with Gasteiger partial charge in [-0.2, -0.15) is 0 Å². The third-order valence-electron chi connectivity index (χ3n) is 7.30. The molecule has 0 unspecified atom stereocenters. The predicted octanol–water partition coefficient (Wildman–Crippen LogP) is 8.32. The zero-order valence-corrected chi connectivity index (χ0v) is 31.9. The number of carbonyl (C=O) groups excluding carboxylic acids is 6. The van der Waals surface area contributed by atoms with Crippen LogP contribution in [0, 0.1) is 5.82 Å². The summed E-state index contributed by atoms with van der Waals surface area (Å²) >= 11 is 5.88. The minimum atomic E-state index is -0.724. The van der Waals surface area contributed by atoms with Gasteiger partial charge in [-0.15, -0.1) is 0 Å². The molecule has 0 saturated carbocycles. The highest BCUT2D eigenvalue weighted by Gasteiger charge is 2.37. The Morgan fingerprint density at radius 2 is 0.943 bits per heavy atom. The Balaban J connectivity index is 0.000000178. The molecular weight excluding hydrogens is 709 g/mol. The van der Waals surface area contributed by atoms with E-state index in [4.69, 9.17) is 25.8 Å². The molecule has 6 rings (SSSR count). The van der Waals surface area contributed by atoms with E-state index in [0.717, 1.165) is 25.8 Å². The summed E-state index contributed by atoms with van der Waals surface area (Å²) in [5.74, 6) is -1.35. The summed E-state index contributed by atoms with van der Waals surface area (Å²) in [6.07, 6.45) is -1.51. The average molecular weight is 752 g/mol. The van der Waals surface area contributed by atoms with Crippen molar-refractivity contribution in [1.82, 2.24) is 0 Å². The Morgan fingerprint density at radius 1 is 0.547 bits per heavy atom. The summed E-state index contributed by atoms with van der Waals surface area (Å²) in [6, 6.07) is 16.2. The van der Waals surface area contributed by atoms with Gasteiger partial charge in [-0.1, -0.05) is 35.9 Å². The predicted molar refractivity (Wildman–Crippen MR) is 197 cm³/mol. The first kappa shape index (κ1) is 40.5. The van der Waals surface area contributed by atoms with Crippen molar-refractivity contribution in [3.05, 3.63) is 88.2 Å². The Labute approximate surface area is 312 Å². The van der Waals surface area contributed by atoms with Crippen LogP contribution in [0.2, 0.25) is 5.02 Å². The van der Waals surface area contributed by atoms with E-state index in [9.17, 15) is 33.2 Å². The third-order valence-corrected chi connectivity index (χ3v) is 7.54. The Bertz CT molecular complexity index is 1960. The number of imide groups is 3. The highest BCUT2D eigenvalue weighted by molar-refractivity contribution is 6.31. The molecular formula is C39H43ClFN3O9. The van der Waals surface area contributed by atoms with E-state index in [2.05, 4.69) is 0 Å². The number of hydrogen-bond donors (Lipinski definition) is 0. The molecule has 0 spiro atoms. The largest absolute Gasteiger partial charge is 0.443 e. The first-order valence-corrected chi connectivity index (χ1v) is 17.1. The zero-order valence-electron chi connectivity index (χ0n) is 31.2. The molecule has 282 valence electrons. The zero-order chi connectivity index (χ0) is 39.6. The second kappa shape index (κ2) is 15.4. The first-order valence-electron chi connectivity index (χ1n) is 16.8. The molecule has 12 nitrogen and oxygen atoms in total. The molecule has 3 aromatic carbocycles. The van der Waals surface area contributed by atoms with Crippen molar-refractivity contribution in [2.24, 2.45) is 0 Å². The van der Waals surface area contributed by atoms with Gasteiger partial charge in [0, 0.05) is 5.02 Å². The van der Waals surface area contributed by atoms with Crippen LogP contribution in [0.3, 0.4) is 0 Å². The lowest BCUT2D eigenvalue weighted by Gasteiger charge is -2.23. The number of carbonyl (C=O) groups is 6. The summed E-state index contributed by atoms with van der Waals surface area (Å²) < 4.78 is 28.6. The van der Waals surface area contributed by atoms with Crippen molar-refractivity contribution in [1.29, 1.82) is 0 Å². The van der Waals surface area contributed by atoms with E-state index in [-0.39, 0.29) is 31.1 Å². The van der Waals surface area contributed by atoms with Crippen LogP contribution in [0.4, 0.5) is 35.8 Å². The smallest absolute Gasteiger partial charge is 0.421 e. The number of rotatable bonds is 0. The maximum Gasteiger partial charge on any atom is 0.421 e. The van der Waals surface area contributed by atoms with Crippen LogP contribution in [0.5, 0.6) is 0 Å². The normalized spacial score (nSPS) is 14.7. The second-order valence-electron chi connectivity index (χ2n) is 15.3. The van der Waals surface area contributed by atoms with E-state index >= 15 is 0 Å². The van der Waals surface area contributed by atoms with Gasteiger partial charge < -0.3 is 14.2 Å². The van der Waals surface area contributed by atoms with Gasteiger partial charge in [-0.25, -0.2) is 33.5 Å². The van der Waals surface area contributed by atoms with Crippen LogP contribution in [-0.2, 0) is 47.9 Å². The van der Waals surface area contributed by atoms with Crippen LogP contribution in [0.1, 0.15) is 79.0 Å². The van der Waals surface area contributed by atoms with Crippen LogP contribution in [0.25, 0.3) is 0 Å². The molecule has 14 heteroatoms. The van der Waals surface area contributed by atoms with Gasteiger partial charge in [-0.05, 0) is 115 Å². The van der Waals surface area contributed by atoms with Crippen molar-refractivity contribution in [3.8, 4) is 0 Å². The minimum Gasteiger partial charge on any atom is -0.443 e. The van der Waals surface area contributed by atoms with E-state index < -0.39 is 46.8 Å². The van der Waals surface area contributed by atoms with Crippen molar-refractivity contribution >= 4 is 64.7 Å². The van der Waals surface area contributed by atoms with E-state index in [1.807, 2.05) is 12.1 Å². The topological polar surface area (TPSA) is 140 Å². The van der Waals surface area contributed by atoms with Crippen molar-refractivity contribution < 1.29 is 47.4 Å². The number of anilines is 3. The standard InChI is InChI=1S/C13H14ClNO3.C13H14FNO3.C13H15NO3/c1-13(2,3)18-12(17)15-10-7-9(14)5-4-8(10)6-11(15)16;1-13(2,3)18-12(17)15-10-5-4-9(14)6-8(10)7-11(15)16;1-13(2,3)17-12(16)14-10-7-5-4-6-9(10)8-11(14)15/h4-5,7H,6H2,1-3H3;4-6H,7H2,1-3H3;4-7H,8H2,1-3H3. The summed E-state index contributed by atoms with van der Waals surface area (Å²) in [7, 11) is 0. The molecule has 0 aromatic heterocycles. The van der Waals surface area contributed by atoms with Gasteiger partial charge >= 0.3 is 18.3 Å². The average Bonchev–Trinajstić information content (AvgIpc) is 3.62. The van der Waals surface area contributed by atoms with Crippen LogP contribution in [-0.4, -0.2) is 52.8 Å². The number of fused-ring (bicyclic) bond motifs is 3. The Kier molecular flexibility index (Phi) is 11.7. The van der Waals surface area contributed by atoms with Crippen LogP contribution >= 0.6 is 11.6 Å². The first-order chi connectivity index (χ1) is 24.4. The van der Waals surface area contributed by atoms with Gasteiger partial charge in [0.15, 0.2) is 0 Å². The fourth-order valence-corrected chi connectivity index (χ4v) is 5.51.